The van der Waals surface area contributed by atoms with Gasteiger partial charge in [-0.05, 0) is 42.8 Å². The van der Waals surface area contributed by atoms with Gasteiger partial charge in [0.2, 0.25) is 11.8 Å². The molecular formula is C28H32N4O4. The molecule has 0 spiro atoms. The first-order valence-corrected chi connectivity index (χ1v) is 12.1. The van der Waals surface area contributed by atoms with Crippen LogP contribution in [0.5, 0.6) is 17.2 Å². The lowest BCUT2D eigenvalue weighted by Gasteiger charge is -2.27. The third-order valence-corrected chi connectivity index (χ3v) is 5.84. The molecule has 4 rings (SSSR count). The Morgan fingerprint density at radius 1 is 0.917 bits per heavy atom. The molecule has 0 saturated carbocycles. The van der Waals surface area contributed by atoms with Crippen molar-refractivity contribution in [3.63, 3.8) is 0 Å². The van der Waals surface area contributed by atoms with Gasteiger partial charge in [-0.3, -0.25) is 9.59 Å². The number of carbonyl (C=O) groups excluding carboxylic acids is 2. The minimum Gasteiger partial charge on any atom is -0.492 e. The van der Waals surface area contributed by atoms with Crippen molar-refractivity contribution in [2.75, 3.05) is 44.2 Å². The number of para-hydroxylation sites is 2. The molecule has 1 aliphatic rings. The molecule has 3 aromatic rings. The van der Waals surface area contributed by atoms with E-state index in [2.05, 4.69) is 5.32 Å². The second kappa shape index (κ2) is 12.6. The van der Waals surface area contributed by atoms with E-state index in [-0.39, 0.29) is 30.9 Å². The van der Waals surface area contributed by atoms with Gasteiger partial charge in [0, 0.05) is 30.9 Å². The van der Waals surface area contributed by atoms with Crippen LogP contribution in [0.4, 0.5) is 5.69 Å². The van der Waals surface area contributed by atoms with E-state index < -0.39 is 0 Å². The van der Waals surface area contributed by atoms with Gasteiger partial charge in [-0.2, -0.15) is 0 Å². The van der Waals surface area contributed by atoms with Crippen molar-refractivity contribution < 1.29 is 19.1 Å². The van der Waals surface area contributed by atoms with Gasteiger partial charge in [0.05, 0.1) is 19.6 Å². The lowest BCUT2D eigenvalue weighted by atomic mass is 10.2. The highest BCUT2D eigenvalue weighted by Gasteiger charge is 2.26. The Balaban J connectivity index is 1.40. The molecule has 0 radical (unpaired) electrons. The molecule has 1 atom stereocenters. The number of nitrogens with one attached hydrogen (secondary N) is 1. The fraction of sp³-hybridized carbons (Fsp3) is 0.286. The first-order valence-electron chi connectivity index (χ1n) is 12.1. The van der Waals surface area contributed by atoms with Crippen molar-refractivity contribution in [1.29, 1.82) is 0 Å². The van der Waals surface area contributed by atoms with E-state index in [9.17, 15) is 9.59 Å². The SMILES string of the molecule is NC1CCN(C(=O)CN(CC(=O)NCCOc2ccccc2)c2cccc(Oc3ccccc3)c2)C1. The Bertz CT molecular complexity index is 1130. The van der Waals surface area contributed by atoms with E-state index in [1.165, 1.54) is 0 Å². The highest BCUT2D eigenvalue weighted by Crippen LogP contribution is 2.26. The van der Waals surface area contributed by atoms with Crippen LogP contribution in [-0.2, 0) is 9.59 Å². The number of amides is 2. The number of carbonyl (C=O) groups is 2. The van der Waals surface area contributed by atoms with Gasteiger partial charge in [-0.25, -0.2) is 0 Å². The largest absolute Gasteiger partial charge is 0.492 e. The Hall–Kier alpha value is -4.04. The smallest absolute Gasteiger partial charge is 0.242 e. The maximum Gasteiger partial charge on any atom is 0.242 e. The third kappa shape index (κ3) is 7.48. The van der Waals surface area contributed by atoms with Gasteiger partial charge < -0.3 is 30.3 Å². The lowest BCUT2D eigenvalue weighted by Crippen LogP contribution is -2.45. The van der Waals surface area contributed by atoms with Crippen LogP contribution < -0.4 is 25.4 Å². The Kier molecular flexibility index (Phi) is 8.77. The van der Waals surface area contributed by atoms with E-state index in [4.69, 9.17) is 15.2 Å². The van der Waals surface area contributed by atoms with E-state index in [1.807, 2.05) is 84.9 Å². The summed E-state index contributed by atoms with van der Waals surface area (Å²) in [6.45, 7) is 1.95. The van der Waals surface area contributed by atoms with E-state index in [1.54, 1.807) is 9.80 Å². The van der Waals surface area contributed by atoms with Crippen LogP contribution in [-0.4, -0.2) is 62.1 Å². The Labute approximate surface area is 211 Å². The number of nitrogens with two attached hydrogens (primary N) is 1. The summed E-state index contributed by atoms with van der Waals surface area (Å²) in [6.07, 6.45) is 0.786. The number of likely N-dealkylation sites (tertiary alicyclic amines) is 1. The Morgan fingerprint density at radius 3 is 2.31 bits per heavy atom. The maximum absolute atomic E-state index is 13.0. The molecule has 1 fully saturated rings. The van der Waals surface area contributed by atoms with Gasteiger partial charge in [-0.1, -0.05) is 42.5 Å². The molecule has 0 bridgehead atoms. The first kappa shape index (κ1) is 25.1. The standard InChI is InChI=1S/C28H32N4O4/c29-22-14-16-31(19-22)28(34)21-32(20-27(33)30-15-17-35-24-9-3-1-4-10-24)23-8-7-13-26(18-23)36-25-11-5-2-6-12-25/h1-13,18,22H,14-17,19-21,29H2,(H,30,33). The minimum absolute atomic E-state index is 0.00193. The zero-order chi connectivity index (χ0) is 25.2. The zero-order valence-electron chi connectivity index (χ0n) is 20.2. The van der Waals surface area contributed by atoms with Crippen molar-refractivity contribution in [2.24, 2.45) is 5.73 Å². The summed E-state index contributed by atoms with van der Waals surface area (Å²) < 4.78 is 11.6. The van der Waals surface area contributed by atoms with E-state index in [0.29, 0.717) is 37.7 Å². The summed E-state index contributed by atoms with van der Waals surface area (Å²) in [5.74, 6) is 1.82. The molecule has 1 unspecified atom stereocenters. The molecule has 0 aromatic heterocycles. The van der Waals surface area contributed by atoms with E-state index in [0.717, 1.165) is 17.9 Å². The molecule has 1 aliphatic heterocycles. The summed E-state index contributed by atoms with van der Waals surface area (Å²) >= 11 is 0. The van der Waals surface area contributed by atoms with Gasteiger partial charge in [0.1, 0.15) is 23.9 Å². The van der Waals surface area contributed by atoms with Crippen molar-refractivity contribution in [1.82, 2.24) is 10.2 Å². The summed E-state index contributed by atoms with van der Waals surface area (Å²) in [5.41, 5.74) is 6.71. The fourth-order valence-corrected chi connectivity index (χ4v) is 3.99. The van der Waals surface area contributed by atoms with Gasteiger partial charge >= 0.3 is 0 Å². The maximum atomic E-state index is 13.0. The minimum atomic E-state index is -0.202. The fourth-order valence-electron chi connectivity index (χ4n) is 3.99. The summed E-state index contributed by atoms with van der Waals surface area (Å²) in [5, 5.41) is 2.88. The predicted molar refractivity (Wildman–Crippen MR) is 139 cm³/mol. The van der Waals surface area contributed by atoms with Crippen molar-refractivity contribution in [3.8, 4) is 17.2 Å². The van der Waals surface area contributed by atoms with Crippen LogP contribution in [0.1, 0.15) is 6.42 Å². The van der Waals surface area contributed by atoms with Crippen LogP contribution in [0.2, 0.25) is 0 Å². The number of hydrogen-bond acceptors (Lipinski definition) is 6. The van der Waals surface area contributed by atoms with Gasteiger partial charge in [0.15, 0.2) is 0 Å². The highest BCUT2D eigenvalue weighted by molar-refractivity contribution is 5.86. The molecule has 2 amide bonds. The molecule has 3 aromatic carbocycles. The van der Waals surface area contributed by atoms with Crippen molar-refractivity contribution >= 4 is 17.5 Å². The van der Waals surface area contributed by atoms with Crippen molar-refractivity contribution in [3.05, 3.63) is 84.9 Å². The predicted octanol–water partition coefficient (Wildman–Crippen LogP) is 3.04. The second-order valence-corrected chi connectivity index (χ2v) is 8.67. The average Bonchev–Trinajstić information content (AvgIpc) is 3.34. The monoisotopic (exact) mass is 488 g/mol. The molecule has 1 heterocycles. The Morgan fingerprint density at radius 2 is 1.61 bits per heavy atom. The van der Waals surface area contributed by atoms with Crippen LogP contribution in [0.3, 0.4) is 0 Å². The zero-order valence-corrected chi connectivity index (χ0v) is 20.2. The topological polar surface area (TPSA) is 97.1 Å². The third-order valence-electron chi connectivity index (χ3n) is 5.84. The first-order chi connectivity index (χ1) is 17.6. The molecule has 1 saturated heterocycles. The highest BCUT2D eigenvalue weighted by atomic mass is 16.5. The van der Waals surface area contributed by atoms with Crippen molar-refractivity contribution in [2.45, 2.75) is 12.5 Å². The molecule has 36 heavy (non-hydrogen) atoms. The van der Waals surface area contributed by atoms with E-state index >= 15 is 0 Å². The van der Waals surface area contributed by atoms with Crippen LogP contribution in [0.15, 0.2) is 84.9 Å². The number of ether oxygens (including phenoxy) is 2. The average molecular weight is 489 g/mol. The van der Waals surface area contributed by atoms with Gasteiger partial charge in [-0.15, -0.1) is 0 Å². The summed E-state index contributed by atoms with van der Waals surface area (Å²) in [4.78, 5) is 29.3. The lowest BCUT2D eigenvalue weighted by molar-refractivity contribution is -0.128. The number of hydrogen-bond donors (Lipinski definition) is 2. The molecule has 3 N–H and O–H groups in total. The molecule has 8 heteroatoms. The molecule has 0 aliphatic carbocycles. The quantitative estimate of drug-likeness (QED) is 0.403. The summed E-state index contributed by atoms with van der Waals surface area (Å²) in [6, 6.07) is 26.3. The number of benzene rings is 3. The van der Waals surface area contributed by atoms with Gasteiger partial charge in [0.25, 0.3) is 0 Å². The molecule has 8 nitrogen and oxygen atoms in total. The normalized spacial score (nSPS) is 14.8. The van der Waals surface area contributed by atoms with Crippen LogP contribution >= 0.6 is 0 Å². The number of anilines is 1. The molecular weight excluding hydrogens is 456 g/mol. The van der Waals surface area contributed by atoms with Crippen LogP contribution in [0.25, 0.3) is 0 Å². The molecule has 188 valence electrons. The summed E-state index contributed by atoms with van der Waals surface area (Å²) in [7, 11) is 0. The number of rotatable bonds is 11. The number of nitrogens with zero attached hydrogens (tertiary/aromatic N) is 2. The second-order valence-electron chi connectivity index (χ2n) is 8.67. The van der Waals surface area contributed by atoms with Crippen LogP contribution in [0, 0.1) is 0 Å².